The molecule has 49 heavy (non-hydrogen) atoms. The number of alkyl halides is 3. The molecule has 1 aliphatic heterocycles. The molecule has 1 amide bonds. The van der Waals surface area contributed by atoms with Gasteiger partial charge in [-0.15, -0.1) is 11.3 Å². The lowest BCUT2D eigenvalue weighted by atomic mass is 9.97. The number of ketones is 1. The molecule has 1 N–H and O–H groups in total. The van der Waals surface area contributed by atoms with E-state index in [1.165, 1.54) is 24.5 Å². The average Bonchev–Trinajstić information content (AvgIpc) is 3.53. The van der Waals surface area contributed by atoms with Crippen molar-refractivity contribution in [3.8, 4) is 21.7 Å². The fourth-order valence-electron chi connectivity index (χ4n) is 5.95. The molecule has 5 rings (SSSR count). The third-order valence-electron chi connectivity index (χ3n) is 8.18. The number of carboxylic acid groups (broad SMARTS) is 1. The van der Waals surface area contributed by atoms with Gasteiger partial charge in [0.2, 0.25) is 5.43 Å². The van der Waals surface area contributed by atoms with E-state index in [0.29, 0.717) is 53.7 Å². The Morgan fingerprint density at radius 3 is 2.51 bits per heavy atom. The van der Waals surface area contributed by atoms with E-state index in [1.807, 2.05) is 6.92 Å². The van der Waals surface area contributed by atoms with Crippen molar-refractivity contribution in [3.05, 3.63) is 69.2 Å². The highest BCUT2D eigenvalue weighted by molar-refractivity contribution is 7.13. The monoisotopic (exact) mass is 698 g/mol. The summed E-state index contributed by atoms with van der Waals surface area (Å²) in [6, 6.07) is 6.01. The van der Waals surface area contributed by atoms with Crippen molar-refractivity contribution >= 4 is 40.1 Å². The Bertz CT molecular complexity index is 1960. The number of benzene rings is 1. The van der Waals surface area contributed by atoms with Gasteiger partial charge in [-0.2, -0.15) is 13.2 Å². The zero-order valence-electron chi connectivity index (χ0n) is 27.6. The van der Waals surface area contributed by atoms with Gasteiger partial charge in [0.1, 0.15) is 22.0 Å². The van der Waals surface area contributed by atoms with Gasteiger partial charge in [-0.3, -0.25) is 14.6 Å². The molecule has 3 aromatic heterocycles. The van der Waals surface area contributed by atoms with Crippen LogP contribution in [0.25, 0.3) is 32.6 Å². The summed E-state index contributed by atoms with van der Waals surface area (Å²) in [5.74, 6) is -1.50. The van der Waals surface area contributed by atoms with Crippen LogP contribution < -0.4 is 5.43 Å². The molecule has 1 aromatic carbocycles. The first kappa shape index (κ1) is 35.7. The maximum Gasteiger partial charge on any atom is 0.434 e. The Morgan fingerprint density at radius 2 is 1.86 bits per heavy atom. The second kappa shape index (κ2) is 14.1. The molecule has 4 aromatic rings. The minimum absolute atomic E-state index is 0.00942. The number of ether oxygens (including phenoxy) is 1. The standard InChI is InChI=1S/C35H37F3N4O6S/c1-5-8-23(43)14-21-15-24(31-40-29(19-49-31)35(36,37)38)26(16-39-21)20-10-11-28-25(13-20)30(44)27(32(45)46)18-41(28)17-22-9-6-7-12-42(22)33(47)48-34(2,3)4/h10-11,13,15-16,18-19,22H,5-9,12,14,17H2,1-4H3,(H,45,46). The van der Waals surface area contributed by atoms with Crippen LogP contribution in [0.15, 0.2) is 46.8 Å². The summed E-state index contributed by atoms with van der Waals surface area (Å²) in [5, 5.41) is 11.0. The second-order valence-corrected chi connectivity index (χ2v) is 14.0. The van der Waals surface area contributed by atoms with E-state index >= 15 is 0 Å². The van der Waals surface area contributed by atoms with E-state index < -0.39 is 40.5 Å². The predicted octanol–water partition coefficient (Wildman–Crippen LogP) is 7.61. The largest absolute Gasteiger partial charge is 0.477 e. The van der Waals surface area contributed by atoms with Gasteiger partial charge in [0.05, 0.1) is 11.6 Å². The molecule has 0 bridgehead atoms. The number of fused-ring (bicyclic) bond motifs is 1. The zero-order chi connectivity index (χ0) is 35.7. The third-order valence-corrected chi connectivity index (χ3v) is 9.05. The number of hydrogen-bond acceptors (Lipinski definition) is 8. The molecule has 1 saturated heterocycles. The molecule has 260 valence electrons. The number of rotatable bonds is 9. The highest BCUT2D eigenvalue weighted by atomic mass is 32.1. The first-order chi connectivity index (χ1) is 23.1. The van der Waals surface area contributed by atoms with Gasteiger partial charge in [0.25, 0.3) is 0 Å². The number of aromatic nitrogens is 3. The highest BCUT2D eigenvalue weighted by Crippen LogP contribution is 2.38. The molecular formula is C35H37F3N4O6S. The number of pyridine rings is 2. The minimum Gasteiger partial charge on any atom is -0.477 e. The molecule has 1 unspecified atom stereocenters. The van der Waals surface area contributed by atoms with Crippen LogP contribution in [-0.2, 0) is 28.7 Å². The number of likely N-dealkylation sites (tertiary alicyclic amines) is 1. The van der Waals surface area contributed by atoms with E-state index in [2.05, 4.69) is 9.97 Å². The van der Waals surface area contributed by atoms with E-state index in [0.717, 1.165) is 29.6 Å². The van der Waals surface area contributed by atoms with Crippen LogP contribution in [0.3, 0.4) is 0 Å². The van der Waals surface area contributed by atoms with Gasteiger partial charge >= 0.3 is 18.2 Å². The number of nitrogens with zero attached hydrogens (tertiary/aromatic N) is 4. The van der Waals surface area contributed by atoms with E-state index in [1.54, 1.807) is 42.4 Å². The summed E-state index contributed by atoms with van der Waals surface area (Å²) < 4.78 is 47.8. The van der Waals surface area contributed by atoms with Crippen LogP contribution in [0.2, 0.25) is 0 Å². The lowest BCUT2D eigenvalue weighted by Crippen LogP contribution is -2.48. The molecular weight excluding hydrogens is 661 g/mol. The number of carboxylic acids is 1. The topological polar surface area (TPSA) is 132 Å². The third kappa shape index (κ3) is 8.18. The van der Waals surface area contributed by atoms with Gasteiger partial charge in [0, 0.05) is 65.9 Å². The Hall–Kier alpha value is -4.59. The summed E-state index contributed by atoms with van der Waals surface area (Å²) in [6.45, 7) is 7.86. The van der Waals surface area contributed by atoms with Crippen LogP contribution in [0.5, 0.6) is 0 Å². The van der Waals surface area contributed by atoms with E-state index in [4.69, 9.17) is 4.74 Å². The molecule has 0 aliphatic carbocycles. The quantitative estimate of drug-likeness (QED) is 0.189. The molecule has 1 atom stereocenters. The molecule has 14 heteroatoms. The van der Waals surface area contributed by atoms with E-state index in [-0.39, 0.29) is 35.2 Å². The Balaban J connectivity index is 1.62. The first-order valence-electron chi connectivity index (χ1n) is 16.0. The van der Waals surface area contributed by atoms with Crippen molar-refractivity contribution in [1.82, 2.24) is 19.4 Å². The molecule has 0 saturated carbocycles. The lowest BCUT2D eigenvalue weighted by Gasteiger charge is -2.37. The fraction of sp³-hybridized carbons (Fsp3) is 0.429. The molecule has 10 nitrogen and oxygen atoms in total. The number of carbonyl (C=O) groups is 3. The number of halogens is 3. The molecule has 1 fully saturated rings. The van der Waals surface area contributed by atoms with Crippen LogP contribution in [-0.4, -0.2) is 60.6 Å². The molecule has 0 spiro atoms. The van der Waals surface area contributed by atoms with Crippen molar-refractivity contribution < 1.29 is 37.4 Å². The average molecular weight is 699 g/mol. The summed E-state index contributed by atoms with van der Waals surface area (Å²) >= 11 is 0.787. The van der Waals surface area contributed by atoms with Crippen molar-refractivity contribution in [2.24, 2.45) is 0 Å². The fourth-order valence-corrected chi connectivity index (χ4v) is 6.80. The van der Waals surface area contributed by atoms with Crippen LogP contribution >= 0.6 is 11.3 Å². The van der Waals surface area contributed by atoms with E-state index in [9.17, 15) is 37.5 Å². The smallest absolute Gasteiger partial charge is 0.434 e. The van der Waals surface area contributed by atoms with Gasteiger partial charge in [0.15, 0.2) is 5.69 Å². The first-order valence-corrected chi connectivity index (χ1v) is 16.9. The Labute approximate surface area is 284 Å². The zero-order valence-corrected chi connectivity index (χ0v) is 28.4. The maximum atomic E-state index is 13.6. The number of hydrogen-bond donors (Lipinski definition) is 1. The Morgan fingerprint density at radius 1 is 1.10 bits per heavy atom. The summed E-state index contributed by atoms with van der Waals surface area (Å²) in [4.78, 5) is 61.2. The Kier molecular flexibility index (Phi) is 10.3. The van der Waals surface area contributed by atoms with Crippen molar-refractivity contribution in [3.63, 3.8) is 0 Å². The molecule has 1 aliphatic rings. The molecule has 4 heterocycles. The van der Waals surface area contributed by atoms with Gasteiger partial charge in [-0.05, 0) is 70.2 Å². The van der Waals surface area contributed by atoms with Gasteiger partial charge < -0.3 is 19.3 Å². The van der Waals surface area contributed by atoms with Gasteiger partial charge in [-0.25, -0.2) is 14.6 Å². The normalized spacial score (nSPS) is 15.4. The number of thiazole rings is 1. The van der Waals surface area contributed by atoms with Crippen molar-refractivity contribution in [2.45, 2.75) is 90.6 Å². The maximum absolute atomic E-state index is 13.6. The summed E-state index contributed by atoms with van der Waals surface area (Å²) in [7, 11) is 0. The number of aromatic carboxylic acids is 1. The summed E-state index contributed by atoms with van der Waals surface area (Å²) in [6.07, 6.45) is 0.799. The summed E-state index contributed by atoms with van der Waals surface area (Å²) in [5.41, 5.74) is -1.16. The number of amides is 1. The lowest BCUT2D eigenvalue weighted by molar-refractivity contribution is -0.140. The van der Waals surface area contributed by atoms with Crippen LogP contribution in [0, 0.1) is 0 Å². The highest BCUT2D eigenvalue weighted by Gasteiger charge is 2.34. The van der Waals surface area contributed by atoms with Gasteiger partial charge in [-0.1, -0.05) is 13.0 Å². The van der Waals surface area contributed by atoms with Crippen LogP contribution in [0.4, 0.5) is 18.0 Å². The van der Waals surface area contributed by atoms with Crippen LogP contribution in [0.1, 0.15) is 81.5 Å². The second-order valence-electron chi connectivity index (χ2n) is 13.1. The number of piperidine rings is 1. The number of carbonyl (C=O) groups excluding carboxylic acids is 2. The number of Topliss-reactive ketones (excluding diaryl/α,β-unsaturated/α-hetero) is 1. The molecule has 0 radical (unpaired) electrons. The predicted molar refractivity (Wildman–Crippen MR) is 179 cm³/mol. The van der Waals surface area contributed by atoms with Crippen molar-refractivity contribution in [2.75, 3.05) is 6.54 Å². The van der Waals surface area contributed by atoms with Crippen molar-refractivity contribution in [1.29, 1.82) is 0 Å². The SMILES string of the molecule is CCCC(=O)Cc1cc(-c2nc(C(F)(F)F)cs2)c(-c2ccc3c(c2)c(=O)c(C(=O)O)cn3CC2CCCCN2C(=O)OC(C)(C)C)cn1. The minimum atomic E-state index is -4.67.